The summed E-state index contributed by atoms with van der Waals surface area (Å²) in [5, 5.41) is 1.52. The Kier molecular flexibility index (Phi) is 6.91. The highest BCUT2D eigenvalue weighted by Gasteiger charge is 2.31. The van der Waals surface area contributed by atoms with E-state index in [1.165, 1.54) is 0 Å². The molecule has 0 N–H and O–H groups in total. The van der Waals surface area contributed by atoms with Crippen molar-refractivity contribution in [2.45, 2.75) is 0 Å². The molecule has 0 fully saturated rings. The van der Waals surface area contributed by atoms with Gasteiger partial charge in [-0.1, -0.05) is 127 Å². The van der Waals surface area contributed by atoms with Crippen molar-refractivity contribution in [1.29, 1.82) is 0 Å². The standard InChI is InChI=1S/C35H27N2OP/c38-39(32-21-9-3-10-22-32,33-23-11-4-12-24-33)35-26-14-25-34(36-35)37(30-18-7-2-8-19-30)31-20-13-17-29(27-31)28-15-5-1-6-16-28/h1-27H. The van der Waals surface area contributed by atoms with Crippen molar-refractivity contribution >= 4 is 40.4 Å². The maximum absolute atomic E-state index is 15.0. The molecule has 6 rings (SSSR count). The van der Waals surface area contributed by atoms with Gasteiger partial charge in [0.15, 0.2) is 7.14 Å². The average molecular weight is 523 g/mol. The molecule has 1 aromatic heterocycles. The minimum Gasteiger partial charge on any atom is -0.307 e. The Labute approximate surface area is 229 Å². The topological polar surface area (TPSA) is 33.2 Å². The molecule has 39 heavy (non-hydrogen) atoms. The SMILES string of the molecule is O=P(c1ccccc1)(c1ccccc1)c1cccc(N(c2ccccc2)c2cccc(-c3ccccc3)c2)n1. The fourth-order valence-electron chi connectivity index (χ4n) is 4.85. The van der Waals surface area contributed by atoms with Crippen molar-refractivity contribution in [1.82, 2.24) is 4.98 Å². The first-order chi connectivity index (χ1) is 19.2. The van der Waals surface area contributed by atoms with Gasteiger partial charge in [0.05, 0.1) is 0 Å². The Balaban J connectivity index is 1.53. The van der Waals surface area contributed by atoms with Crippen LogP contribution in [0.5, 0.6) is 0 Å². The van der Waals surface area contributed by atoms with E-state index in [2.05, 4.69) is 53.4 Å². The number of rotatable bonds is 7. The van der Waals surface area contributed by atoms with Crippen molar-refractivity contribution in [3.8, 4) is 11.1 Å². The second-order valence-electron chi connectivity index (χ2n) is 9.22. The maximum atomic E-state index is 15.0. The van der Waals surface area contributed by atoms with Gasteiger partial charge in [-0.2, -0.15) is 0 Å². The zero-order valence-corrected chi connectivity index (χ0v) is 22.2. The third-order valence-corrected chi connectivity index (χ3v) is 9.68. The number of aromatic nitrogens is 1. The van der Waals surface area contributed by atoms with Gasteiger partial charge >= 0.3 is 0 Å². The monoisotopic (exact) mass is 522 g/mol. The Morgan fingerprint density at radius 1 is 0.462 bits per heavy atom. The van der Waals surface area contributed by atoms with E-state index in [1.807, 2.05) is 115 Å². The smallest absolute Gasteiger partial charge is 0.188 e. The van der Waals surface area contributed by atoms with Crippen LogP contribution in [-0.4, -0.2) is 4.98 Å². The summed E-state index contributed by atoms with van der Waals surface area (Å²) in [6, 6.07) is 54.1. The first-order valence-corrected chi connectivity index (χ1v) is 14.6. The minimum absolute atomic E-state index is 0.553. The fraction of sp³-hybridized carbons (Fsp3) is 0. The first-order valence-electron chi connectivity index (χ1n) is 12.9. The zero-order valence-electron chi connectivity index (χ0n) is 21.3. The molecule has 0 aliphatic heterocycles. The lowest BCUT2D eigenvalue weighted by Gasteiger charge is -2.26. The number of hydrogen-bond acceptors (Lipinski definition) is 3. The summed E-state index contributed by atoms with van der Waals surface area (Å²) in [5.41, 5.74) is 4.76. The average Bonchev–Trinajstić information content (AvgIpc) is 3.03. The molecule has 1 heterocycles. The van der Waals surface area contributed by atoms with Gasteiger partial charge in [0, 0.05) is 22.0 Å². The Morgan fingerprint density at radius 3 is 1.56 bits per heavy atom. The summed E-state index contributed by atoms with van der Waals surface area (Å²) in [4.78, 5) is 7.24. The zero-order chi connectivity index (χ0) is 26.5. The molecule has 0 unspecified atom stereocenters. The van der Waals surface area contributed by atoms with Crippen molar-refractivity contribution < 1.29 is 4.57 Å². The van der Waals surface area contributed by atoms with E-state index in [1.54, 1.807) is 0 Å². The maximum Gasteiger partial charge on any atom is 0.188 e. The van der Waals surface area contributed by atoms with Crippen molar-refractivity contribution in [3.05, 3.63) is 164 Å². The molecule has 3 nitrogen and oxygen atoms in total. The van der Waals surface area contributed by atoms with Crippen LogP contribution in [0.25, 0.3) is 11.1 Å². The van der Waals surface area contributed by atoms with E-state index in [9.17, 15) is 0 Å². The van der Waals surface area contributed by atoms with E-state index in [0.29, 0.717) is 11.3 Å². The highest BCUT2D eigenvalue weighted by atomic mass is 31.2. The Bertz CT molecular complexity index is 1680. The van der Waals surface area contributed by atoms with E-state index in [0.717, 1.165) is 33.1 Å². The predicted octanol–water partition coefficient (Wildman–Crippen LogP) is 7.86. The van der Waals surface area contributed by atoms with Crippen LogP contribution in [0.4, 0.5) is 17.2 Å². The Morgan fingerprint density at radius 2 is 0.949 bits per heavy atom. The lowest BCUT2D eigenvalue weighted by molar-refractivity contribution is 0.592. The molecule has 0 radical (unpaired) electrons. The molecule has 0 bridgehead atoms. The summed E-state index contributed by atoms with van der Waals surface area (Å²) in [6.07, 6.45) is 0. The molecule has 6 aromatic rings. The van der Waals surface area contributed by atoms with E-state index < -0.39 is 7.14 Å². The van der Waals surface area contributed by atoms with Crippen LogP contribution in [0.15, 0.2) is 164 Å². The third kappa shape index (κ3) is 4.93. The van der Waals surface area contributed by atoms with E-state index >= 15 is 4.57 Å². The highest BCUT2D eigenvalue weighted by Crippen LogP contribution is 2.43. The van der Waals surface area contributed by atoms with Crippen LogP contribution in [0.1, 0.15) is 0 Å². The van der Waals surface area contributed by atoms with Crippen LogP contribution in [-0.2, 0) is 4.57 Å². The lowest BCUT2D eigenvalue weighted by Crippen LogP contribution is -2.28. The summed E-state index contributed by atoms with van der Waals surface area (Å²) in [6.45, 7) is 0. The number of pyridine rings is 1. The van der Waals surface area contributed by atoms with Gasteiger partial charge in [-0.15, -0.1) is 0 Å². The van der Waals surface area contributed by atoms with Crippen molar-refractivity contribution in [3.63, 3.8) is 0 Å². The number of nitrogens with zero attached hydrogens (tertiary/aromatic N) is 2. The third-order valence-electron chi connectivity index (χ3n) is 6.74. The molecule has 4 heteroatoms. The van der Waals surface area contributed by atoms with Crippen LogP contribution in [0, 0.1) is 0 Å². The predicted molar refractivity (Wildman–Crippen MR) is 164 cm³/mol. The summed E-state index contributed by atoms with van der Waals surface area (Å²) in [5.74, 6) is 0.705. The van der Waals surface area contributed by atoms with Crippen LogP contribution < -0.4 is 20.9 Å². The molecule has 0 saturated heterocycles. The molecule has 0 amide bonds. The minimum atomic E-state index is -3.22. The number of para-hydroxylation sites is 1. The van der Waals surface area contributed by atoms with Crippen molar-refractivity contribution in [2.24, 2.45) is 0 Å². The van der Waals surface area contributed by atoms with Gasteiger partial charge in [0.1, 0.15) is 11.3 Å². The normalized spacial score (nSPS) is 11.2. The largest absolute Gasteiger partial charge is 0.307 e. The highest BCUT2D eigenvalue weighted by molar-refractivity contribution is 7.85. The quantitative estimate of drug-likeness (QED) is 0.200. The van der Waals surface area contributed by atoms with Gasteiger partial charge in [-0.3, -0.25) is 4.90 Å². The van der Waals surface area contributed by atoms with Crippen molar-refractivity contribution in [2.75, 3.05) is 4.90 Å². The number of hydrogen-bond donors (Lipinski definition) is 0. The molecular formula is C35H27N2OP. The molecule has 0 saturated carbocycles. The van der Waals surface area contributed by atoms with Crippen LogP contribution >= 0.6 is 7.14 Å². The van der Waals surface area contributed by atoms with Crippen LogP contribution in [0.2, 0.25) is 0 Å². The molecule has 5 aromatic carbocycles. The number of anilines is 3. The Hall–Kier alpha value is -4.72. The van der Waals surface area contributed by atoms with Gasteiger partial charge < -0.3 is 4.57 Å². The first kappa shape index (κ1) is 24.6. The molecule has 0 aliphatic rings. The van der Waals surface area contributed by atoms with E-state index in [4.69, 9.17) is 4.98 Å². The van der Waals surface area contributed by atoms with Gasteiger partial charge in [-0.05, 0) is 47.5 Å². The molecular weight excluding hydrogens is 495 g/mol. The lowest BCUT2D eigenvalue weighted by atomic mass is 10.0. The molecule has 0 aliphatic carbocycles. The summed E-state index contributed by atoms with van der Waals surface area (Å²) < 4.78 is 15.0. The van der Waals surface area contributed by atoms with Gasteiger partial charge in [0.2, 0.25) is 0 Å². The molecule has 0 spiro atoms. The van der Waals surface area contributed by atoms with Gasteiger partial charge in [0.25, 0.3) is 0 Å². The molecule has 0 atom stereocenters. The van der Waals surface area contributed by atoms with Gasteiger partial charge in [-0.25, -0.2) is 4.98 Å². The number of benzene rings is 5. The molecule has 188 valence electrons. The fourth-order valence-corrected chi connectivity index (χ4v) is 7.40. The van der Waals surface area contributed by atoms with Crippen LogP contribution in [0.3, 0.4) is 0 Å². The second-order valence-corrected chi connectivity index (χ2v) is 11.9. The second kappa shape index (κ2) is 10.9. The summed E-state index contributed by atoms with van der Waals surface area (Å²) in [7, 11) is -3.22. The van der Waals surface area contributed by atoms with E-state index in [-0.39, 0.29) is 0 Å². The summed E-state index contributed by atoms with van der Waals surface area (Å²) >= 11 is 0.